The Balaban J connectivity index is 3.10. The van der Waals surface area contributed by atoms with Crippen molar-refractivity contribution in [2.24, 2.45) is 0 Å². The van der Waals surface area contributed by atoms with E-state index >= 15 is 0 Å². The molecule has 0 unspecified atom stereocenters. The molecule has 30 heavy (non-hydrogen) atoms. The fraction of sp³-hybridized carbons (Fsp3) is 0.273. The molecular formula is C22H25BF3NO2S. The molecule has 0 aliphatic rings. The number of alkyl halides is 3. The third-order valence-corrected chi connectivity index (χ3v) is 4.75. The maximum atomic E-state index is 13.7. The summed E-state index contributed by atoms with van der Waals surface area (Å²) in [5.41, 5.74) is 0.628. The molecule has 0 fully saturated rings. The van der Waals surface area contributed by atoms with Crippen molar-refractivity contribution >= 4 is 35.6 Å². The summed E-state index contributed by atoms with van der Waals surface area (Å²) in [6, 6.07) is 1.60. The van der Waals surface area contributed by atoms with Crippen LogP contribution in [0.4, 0.5) is 13.2 Å². The van der Waals surface area contributed by atoms with Gasteiger partial charge in [-0.25, -0.2) is 0 Å². The van der Waals surface area contributed by atoms with Crippen LogP contribution in [0.2, 0.25) is 0 Å². The van der Waals surface area contributed by atoms with E-state index in [1.807, 2.05) is 6.92 Å². The number of furan rings is 1. The summed E-state index contributed by atoms with van der Waals surface area (Å²) in [4.78, 5) is 12.2. The summed E-state index contributed by atoms with van der Waals surface area (Å²) in [5.74, 6) is -0.348. The zero-order chi connectivity index (χ0) is 22.7. The summed E-state index contributed by atoms with van der Waals surface area (Å²) in [6.45, 7) is 11.7. The molecule has 1 N–H and O–H groups in total. The van der Waals surface area contributed by atoms with Crippen molar-refractivity contribution in [2.45, 2.75) is 40.3 Å². The number of hydrogen-bond acceptors (Lipinski definition) is 3. The second-order valence-corrected chi connectivity index (χ2v) is 7.24. The summed E-state index contributed by atoms with van der Waals surface area (Å²) in [7, 11) is 0. The number of hydrogen-bond donors (Lipinski definition) is 1. The van der Waals surface area contributed by atoms with E-state index in [2.05, 4.69) is 11.9 Å². The second-order valence-electron chi connectivity index (χ2n) is 6.24. The maximum absolute atomic E-state index is 13.7. The van der Waals surface area contributed by atoms with Crippen LogP contribution >= 0.6 is 11.8 Å². The molecule has 3 nitrogen and oxygen atoms in total. The first kappa shape index (κ1) is 25.6. The molecule has 0 aliphatic heterocycles. The molecule has 1 aromatic rings. The van der Waals surface area contributed by atoms with E-state index < -0.39 is 11.7 Å². The van der Waals surface area contributed by atoms with Gasteiger partial charge in [-0.15, -0.1) is 0 Å². The van der Waals surface area contributed by atoms with Gasteiger partial charge in [-0.3, -0.25) is 0 Å². The number of thioether (sulfide) groups is 1. The first-order valence-corrected chi connectivity index (χ1v) is 10.1. The molecule has 0 aromatic carbocycles. The number of rotatable bonds is 9. The topological polar surface area (TPSA) is 42.2 Å². The van der Waals surface area contributed by atoms with Crippen molar-refractivity contribution in [2.75, 3.05) is 0 Å². The van der Waals surface area contributed by atoms with Crippen molar-refractivity contribution in [3.8, 4) is 0 Å². The van der Waals surface area contributed by atoms with Crippen LogP contribution in [-0.2, 0) is 4.79 Å². The molecule has 0 aliphatic carbocycles. The van der Waals surface area contributed by atoms with Gasteiger partial charge in [0.25, 0.3) is 0 Å². The van der Waals surface area contributed by atoms with Crippen LogP contribution in [0.15, 0.2) is 75.4 Å². The Morgan fingerprint density at radius 1 is 1.30 bits per heavy atom. The van der Waals surface area contributed by atoms with Crippen LogP contribution < -0.4 is 5.32 Å². The van der Waals surface area contributed by atoms with Crippen molar-refractivity contribution < 1.29 is 22.4 Å². The Labute approximate surface area is 180 Å². The second kappa shape index (κ2) is 12.3. The van der Waals surface area contributed by atoms with E-state index in [1.54, 1.807) is 43.5 Å². The number of halogens is 3. The van der Waals surface area contributed by atoms with E-state index in [0.29, 0.717) is 21.6 Å². The van der Waals surface area contributed by atoms with Crippen LogP contribution in [0, 0.1) is 0 Å². The molecule has 0 saturated carbocycles. The molecule has 0 spiro atoms. The van der Waals surface area contributed by atoms with Crippen LogP contribution in [0.1, 0.15) is 39.7 Å². The number of amides is 1. The molecule has 160 valence electrons. The number of carbonyl (C=O) groups excluding carboxylic acids is 1. The number of nitrogens with one attached hydrogen (secondary N) is 1. The predicted molar refractivity (Wildman–Crippen MR) is 121 cm³/mol. The Morgan fingerprint density at radius 3 is 2.50 bits per heavy atom. The minimum atomic E-state index is -4.56. The predicted octanol–water partition coefficient (Wildman–Crippen LogP) is 6.22. The van der Waals surface area contributed by atoms with Gasteiger partial charge in [-0.1, -0.05) is 0 Å². The third kappa shape index (κ3) is 8.49. The number of carbonyl (C=O) groups is 1. The zero-order valence-electron chi connectivity index (χ0n) is 17.5. The molecule has 1 aromatic heterocycles. The Morgan fingerprint density at radius 2 is 2.00 bits per heavy atom. The molecule has 1 rings (SSSR count). The van der Waals surface area contributed by atoms with Gasteiger partial charge in [0.05, 0.1) is 0 Å². The van der Waals surface area contributed by atoms with Gasteiger partial charge in [0, 0.05) is 0 Å². The third-order valence-electron chi connectivity index (χ3n) is 3.96. The molecule has 1 amide bonds. The average molecular weight is 435 g/mol. The summed E-state index contributed by atoms with van der Waals surface area (Å²) < 4.78 is 46.2. The fourth-order valence-corrected chi connectivity index (χ4v) is 2.97. The summed E-state index contributed by atoms with van der Waals surface area (Å²) in [6.07, 6.45) is 4.26. The normalized spacial score (nSPS) is 14.1. The van der Waals surface area contributed by atoms with Crippen LogP contribution in [0.3, 0.4) is 0 Å². The van der Waals surface area contributed by atoms with Crippen LogP contribution in [0.5, 0.6) is 0 Å². The van der Waals surface area contributed by atoms with Gasteiger partial charge >= 0.3 is 180 Å². The van der Waals surface area contributed by atoms with E-state index in [-0.39, 0.29) is 17.8 Å². The summed E-state index contributed by atoms with van der Waals surface area (Å²) >= 11 is 1.26. The molecule has 8 heteroatoms. The van der Waals surface area contributed by atoms with E-state index in [1.165, 1.54) is 38.1 Å². The van der Waals surface area contributed by atoms with Gasteiger partial charge in [0.1, 0.15) is 0 Å². The molecule has 0 saturated heterocycles. The molecule has 0 bridgehead atoms. The Hall–Kier alpha value is -2.48. The van der Waals surface area contributed by atoms with Gasteiger partial charge in [-0.05, 0) is 0 Å². The van der Waals surface area contributed by atoms with E-state index in [4.69, 9.17) is 4.42 Å². The quantitative estimate of drug-likeness (QED) is 0.370. The van der Waals surface area contributed by atoms with Gasteiger partial charge in [0.15, 0.2) is 0 Å². The van der Waals surface area contributed by atoms with Crippen LogP contribution in [0.25, 0.3) is 5.57 Å². The standard InChI is InChI=1S/C22H25BF3NO2S/c1-6-11-30-16(5)27-21(28)13-19(8-3)23-15(4)20(22(24,25)26)12-17(7-2)18-9-10-29-14-18/h6-12,14H,5,13H2,1-4H3,(H,27,28)/b11-6-,17-7+,19-8-,20-12+. The van der Waals surface area contributed by atoms with E-state index in [9.17, 15) is 18.0 Å². The first-order valence-electron chi connectivity index (χ1n) is 9.20. The summed E-state index contributed by atoms with van der Waals surface area (Å²) in [5, 5.41) is 4.84. The monoisotopic (exact) mass is 435 g/mol. The molecule has 0 atom stereocenters. The number of allylic oxidation sites excluding steroid dienone is 6. The van der Waals surface area contributed by atoms with Crippen molar-refractivity contribution in [1.82, 2.24) is 5.32 Å². The minimum absolute atomic E-state index is 0.00774. The molecule has 1 heterocycles. The SMILES string of the molecule is C=C(NC(=O)CC(/B=C(C)\C(=C/C(=C\C)c1ccoc1)C(F)(F)F)=C/C)S/C=C\C. The van der Waals surface area contributed by atoms with Gasteiger partial charge < -0.3 is 0 Å². The van der Waals surface area contributed by atoms with Crippen LogP contribution in [-0.4, -0.2) is 24.5 Å². The Bertz CT molecular complexity index is 892. The van der Waals surface area contributed by atoms with Crippen molar-refractivity contribution in [3.05, 3.63) is 76.5 Å². The molecular weight excluding hydrogens is 410 g/mol. The van der Waals surface area contributed by atoms with E-state index in [0.717, 1.165) is 6.08 Å². The van der Waals surface area contributed by atoms with Gasteiger partial charge in [0.2, 0.25) is 0 Å². The van der Waals surface area contributed by atoms with Crippen molar-refractivity contribution in [1.29, 1.82) is 0 Å². The van der Waals surface area contributed by atoms with Gasteiger partial charge in [-0.2, -0.15) is 0 Å². The molecule has 0 radical (unpaired) electrons. The first-order chi connectivity index (χ1) is 14.1. The van der Waals surface area contributed by atoms with Crippen molar-refractivity contribution in [3.63, 3.8) is 0 Å². The Kier molecular flexibility index (Phi) is 10.5. The zero-order valence-corrected chi connectivity index (χ0v) is 18.3. The fourth-order valence-electron chi connectivity index (χ4n) is 2.49. The average Bonchev–Trinajstić information content (AvgIpc) is 3.19.